The summed E-state index contributed by atoms with van der Waals surface area (Å²) < 4.78 is 12.9. The number of aromatic amines is 1. The van der Waals surface area contributed by atoms with E-state index < -0.39 is 12.2 Å². The molecule has 87 heavy (non-hydrogen) atoms. The largest absolute Gasteiger partial charge is 0.504 e. The second-order valence-corrected chi connectivity index (χ2v) is 31.8. The van der Waals surface area contributed by atoms with Gasteiger partial charge in [-0.15, -0.1) is 0 Å². The van der Waals surface area contributed by atoms with Gasteiger partial charge in [-0.2, -0.15) is 0 Å². The molecule has 1 saturated heterocycles. The predicted octanol–water partition coefficient (Wildman–Crippen LogP) is 13.1. The van der Waals surface area contributed by atoms with E-state index in [0.717, 1.165) is 84.9 Å². The maximum absolute atomic E-state index is 11.9. The van der Waals surface area contributed by atoms with Crippen molar-refractivity contribution in [2.24, 2.45) is 80.0 Å². The molecule has 11 aliphatic rings. The Hall–Kier alpha value is -4.15. The molecule has 9 aliphatic carbocycles. The van der Waals surface area contributed by atoms with Gasteiger partial charge in [-0.05, 0) is 208 Å². The van der Waals surface area contributed by atoms with Crippen molar-refractivity contribution in [1.82, 2.24) is 15.6 Å². The molecule has 15 rings (SSSR count). The Morgan fingerprint density at radius 3 is 2.48 bits per heavy atom. The van der Waals surface area contributed by atoms with Crippen molar-refractivity contribution in [3.05, 3.63) is 130 Å². The van der Waals surface area contributed by atoms with Crippen LogP contribution in [-0.2, 0) is 32.3 Å². The first-order valence-electron chi connectivity index (χ1n) is 34.3. The summed E-state index contributed by atoms with van der Waals surface area (Å²) in [5.74, 6) is 9.72. The minimum Gasteiger partial charge on any atom is -0.504 e. The number of nitrogens with two attached hydrogens (primary N) is 2. The fraction of sp³-hybridized carbons (Fsp3) is 0.658. The number of aromatic nitrogens is 1. The highest BCUT2D eigenvalue weighted by atomic mass is 33.1. The summed E-state index contributed by atoms with van der Waals surface area (Å²) in [4.78, 5) is 9.15. The van der Waals surface area contributed by atoms with Crippen molar-refractivity contribution in [2.45, 2.75) is 204 Å². The Morgan fingerprint density at radius 1 is 0.828 bits per heavy atom. The van der Waals surface area contributed by atoms with Gasteiger partial charge in [0.2, 0.25) is 0 Å². The van der Waals surface area contributed by atoms with E-state index in [1.54, 1.807) is 6.07 Å². The topological polar surface area (TPSA) is 208 Å². The molecule has 6 fully saturated rings. The molecule has 2 aromatic heterocycles. The number of guanidine groups is 1. The van der Waals surface area contributed by atoms with Crippen molar-refractivity contribution < 1.29 is 29.6 Å². The molecule has 11 N–H and O–H groups in total. The van der Waals surface area contributed by atoms with Gasteiger partial charge < -0.3 is 56.7 Å². The van der Waals surface area contributed by atoms with E-state index in [1.165, 1.54) is 107 Å². The Morgan fingerprint density at radius 2 is 1.64 bits per heavy atom. The molecule has 7 bridgehead atoms. The summed E-state index contributed by atoms with van der Waals surface area (Å²) in [6.45, 7) is 5.56. The first-order chi connectivity index (χ1) is 42.3. The molecule has 14 heteroatoms. The first kappa shape index (κ1) is 61.7. The van der Waals surface area contributed by atoms with Crippen LogP contribution in [0.1, 0.15) is 193 Å². The van der Waals surface area contributed by atoms with Crippen molar-refractivity contribution in [2.75, 3.05) is 31.2 Å². The first-order valence-corrected chi connectivity index (χ1v) is 36.8. The Kier molecular flexibility index (Phi) is 18.9. The SMILES string of the molecule is CC(O)CNCC1c2cc(C(O)COc3cc(CCc4cc(CO)c(CCC5CCC67C=CC8CC6C(C5)CC(N)C7CSSCC(N=C(N)NC5CCCC(CCc6ccccc6)C5)C8C)o4)ccc3O)[nH]c2C2C=CC13CCCC3C21CCCC1. The number of ether oxygens (including phenoxy) is 1. The third kappa shape index (κ3) is 12.6. The van der Waals surface area contributed by atoms with Crippen molar-refractivity contribution in [3.8, 4) is 11.5 Å². The number of aromatic hydroxyl groups is 1. The van der Waals surface area contributed by atoms with E-state index in [0.29, 0.717) is 90.4 Å². The summed E-state index contributed by atoms with van der Waals surface area (Å²) in [7, 11) is 4.01. The van der Waals surface area contributed by atoms with E-state index in [9.17, 15) is 20.4 Å². The number of furan rings is 1. The molecule has 0 radical (unpaired) electrons. The van der Waals surface area contributed by atoms with E-state index in [4.69, 9.17) is 25.6 Å². The number of nitrogens with one attached hydrogen (secondary N) is 3. The summed E-state index contributed by atoms with van der Waals surface area (Å²) >= 11 is 0. The number of H-pyrrole nitrogens is 1. The number of hydrogen-bond donors (Lipinski definition) is 9. The van der Waals surface area contributed by atoms with Crippen LogP contribution in [0, 0.1) is 63.6 Å². The average Bonchev–Trinajstić information content (AvgIpc) is 1.57. The van der Waals surface area contributed by atoms with Crippen LogP contribution in [0.3, 0.4) is 0 Å². The normalized spacial score (nSPS) is 34.9. The zero-order valence-corrected chi connectivity index (χ0v) is 53.7. The molecule has 17 unspecified atom stereocenters. The molecule has 0 amide bonds. The molecule has 2 aromatic carbocycles. The van der Waals surface area contributed by atoms with Gasteiger partial charge in [-0.1, -0.05) is 121 Å². The molecule has 17 atom stereocenters. The maximum Gasteiger partial charge on any atom is 0.189 e. The van der Waals surface area contributed by atoms with Crippen LogP contribution < -0.4 is 26.8 Å². The minimum atomic E-state index is -0.918. The number of benzene rings is 2. The molecule has 4 aromatic rings. The number of phenolic OH excluding ortho intramolecular Hbond substituents is 1. The van der Waals surface area contributed by atoms with Gasteiger partial charge in [0, 0.05) is 78.3 Å². The van der Waals surface area contributed by atoms with E-state index in [2.05, 4.69) is 83.2 Å². The van der Waals surface area contributed by atoms with Crippen LogP contribution in [0.2, 0.25) is 0 Å². The number of aliphatic imine (C=N–C) groups is 1. The van der Waals surface area contributed by atoms with E-state index in [-0.39, 0.29) is 53.2 Å². The van der Waals surface area contributed by atoms with Crippen molar-refractivity contribution in [3.63, 3.8) is 0 Å². The lowest BCUT2D eigenvalue weighted by Gasteiger charge is -2.56. The van der Waals surface area contributed by atoms with Crippen molar-refractivity contribution >= 4 is 27.5 Å². The predicted molar refractivity (Wildman–Crippen MR) is 353 cm³/mol. The molecule has 5 saturated carbocycles. The molecular formula is C73H102N6O6S2. The quantitative estimate of drug-likeness (QED) is 0.0175. The number of allylic oxidation sites excluding steroid dienone is 4. The van der Waals surface area contributed by atoms with Gasteiger partial charge in [-0.3, -0.25) is 0 Å². The zero-order chi connectivity index (χ0) is 59.9. The lowest BCUT2D eigenvalue weighted by molar-refractivity contribution is -0.00497. The highest BCUT2D eigenvalue weighted by Gasteiger charge is 2.64. The molecule has 472 valence electrons. The van der Waals surface area contributed by atoms with Gasteiger partial charge >= 0.3 is 0 Å². The lowest BCUT2D eigenvalue weighted by atomic mass is 9.50. The summed E-state index contributed by atoms with van der Waals surface area (Å²) in [6.07, 6.45) is 34.0. The number of aryl methyl sites for hydroxylation is 4. The third-order valence-corrected chi connectivity index (χ3v) is 26.8. The van der Waals surface area contributed by atoms with Crippen LogP contribution in [0.25, 0.3) is 0 Å². The fourth-order valence-electron chi connectivity index (χ4n) is 20.0. The summed E-state index contributed by atoms with van der Waals surface area (Å²) in [5, 5.41) is 51.2. The molecule has 3 spiro atoms. The number of rotatable bonds is 20. The Balaban J connectivity index is 0.625. The molecule has 2 aliphatic heterocycles. The number of aliphatic hydroxyl groups excluding tert-OH is 3. The van der Waals surface area contributed by atoms with Crippen LogP contribution >= 0.6 is 21.6 Å². The zero-order valence-electron chi connectivity index (χ0n) is 52.1. The highest BCUT2D eigenvalue weighted by Crippen LogP contribution is 2.72. The van der Waals surface area contributed by atoms with Crippen LogP contribution in [0.4, 0.5) is 0 Å². The molecule has 12 nitrogen and oxygen atoms in total. The second-order valence-electron chi connectivity index (χ2n) is 29.3. The summed E-state index contributed by atoms with van der Waals surface area (Å²) in [6, 6.07) is 21.4. The van der Waals surface area contributed by atoms with E-state index in [1.807, 2.05) is 46.7 Å². The maximum atomic E-state index is 11.9. The smallest absolute Gasteiger partial charge is 0.189 e. The van der Waals surface area contributed by atoms with Gasteiger partial charge in [0.15, 0.2) is 17.5 Å². The van der Waals surface area contributed by atoms with Crippen LogP contribution in [0.5, 0.6) is 11.5 Å². The number of hydrogen-bond acceptors (Lipinski definition) is 11. The molecular weight excluding hydrogens is 1120 g/mol. The van der Waals surface area contributed by atoms with Crippen LogP contribution in [-0.4, -0.2) is 86.8 Å². The average molecular weight is 1220 g/mol. The highest BCUT2D eigenvalue weighted by molar-refractivity contribution is 8.76. The van der Waals surface area contributed by atoms with Gasteiger partial charge in [0.05, 0.1) is 18.8 Å². The van der Waals surface area contributed by atoms with Gasteiger partial charge in [0.25, 0.3) is 0 Å². The van der Waals surface area contributed by atoms with Gasteiger partial charge in [-0.25, -0.2) is 4.99 Å². The third-order valence-electron chi connectivity index (χ3n) is 24.4. The van der Waals surface area contributed by atoms with Gasteiger partial charge in [0.1, 0.15) is 24.2 Å². The Labute approximate surface area is 526 Å². The number of fused-ring (bicyclic) bond motifs is 5. The fourth-order valence-corrected chi connectivity index (χ4v) is 22.9. The number of aliphatic hydroxyl groups is 3. The van der Waals surface area contributed by atoms with Crippen LogP contribution in [0.15, 0.2) is 94.4 Å². The standard InChI is InChI=1S/C73H102N6O6S2/c1-45(81)39-76-40-59-56-38-62(78-69(56)57-25-31-73(59)28-9-14-68(73)72(57)26-6-7-27-72)65(83)42-84-67-34-49(18-21-64(67)82)17-20-55-35-53(41-80)66(85-55)22-19-50-23-29-71-30-24-51-36-58(71)52(32-50)37-61(74)60(71)43-86-87-44-63(46(51)2)79-70(75)77-54-13-8-12-48(33-54)16-15-47-10-4-3-5-11-47/h3-5,10-11,18,21,24-25,30-31,34-35,38,45-46,48,50-52,54,57-61,63,65,68,76,78,80-83H,6-9,12-17,19-20,22-23,26-29,32-33,36-37,39-44,74H2,1-2H3,(H3,75,77,79). The second kappa shape index (κ2) is 26.6. The van der Waals surface area contributed by atoms with Crippen molar-refractivity contribution in [1.29, 1.82) is 0 Å². The Bertz CT molecular complexity index is 3060. The monoisotopic (exact) mass is 1220 g/mol. The number of phenols is 1. The lowest BCUT2D eigenvalue weighted by Crippen LogP contribution is -2.55. The van der Waals surface area contributed by atoms with E-state index >= 15 is 0 Å². The summed E-state index contributed by atoms with van der Waals surface area (Å²) in [5.41, 5.74) is 21.2. The number of nitrogens with zero attached hydrogens (tertiary/aromatic N) is 1. The minimum absolute atomic E-state index is 0.00472. The molecule has 4 heterocycles.